The molecule has 1 aromatic rings. The van der Waals surface area contributed by atoms with E-state index in [4.69, 9.17) is 9.47 Å². The Morgan fingerprint density at radius 2 is 1.91 bits per heavy atom. The van der Waals surface area contributed by atoms with Gasteiger partial charge in [0.05, 0.1) is 0 Å². The van der Waals surface area contributed by atoms with Crippen LogP contribution in [-0.4, -0.2) is 17.1 Å². The lowest BCUT2D eigenvalue weighted by atomic mass is 10.5. The van der Waals surface area contributed by atoms with Gasteiger partial charge in [0, 0.05) is 31.5 Å². The summed E-state index contributed by atoms with van der Waals surface area (Å²) in [5, 5.41) is 0. The van der Waals surface area contributed by atoms with Crippen LogP contribution in [0.25, 0.3) is 0 Å². The third-order valence-electron chi connectivity index (χ3n) is 2.37. The van der Waals surface area contributed by atoms with Gasteiger partial charge in [-0.1, -0.05) is 24.8 Å². The molecule has 1 aromatic heterocycles. The average molecular weight is 311 g/mol. The fourth-order valence-corrected chi connectivity index (χ4v) is 1.37. The molecule has 0 aliphatic rings. The zero-order chi connectivity index (χ0) is 16.9. The van der Waals surface area contributed by atoms with Crippen LogP contribution < -0.4 is 9.47 Å². The summed E-state index contributed by atoms with van der Waals surface area (Å²) in [5.74, 6) is 1.70. The van der Waals surface area contributed by atoms with Gasteiger partial charge in [-0.15, -0.1) is 0 Å². The van der Waals surface area contributed by atoms with Gasteiger partial charge in [-0.3, -0.25) is 0 Å². The molecule has 0 atom stereocenters. The predicted molar refractivity (Wildman–Crippen MR) is 95.0 cm³/mol. The molecule has 0 aliphatic carbocycles. The smallest absolute Gasteiger partial charge is 0.224 e. The highest BCUT2D eigenvalue weighted by molar-refractivity contribution is 5.76. The molecule has 0 saturated carbocycles. The molecule has 120 valence electrons. The second-order valence-corrected chi connectivity index (χ2v) is 4.17. The van der Waals surface area contributed by atoms with Crippen LogP contribution in [0.3, 0.4) is 0 Å². The summed E-state index contributed by atoms with van der Waals surface area (Å²) in [7, 11) is 0. The Morgan fingerprint density at radius 1 is 1.17 bits per heavy atom. The molecule has 5 nitrogen and oxygen atoms in total. The molecule has 0 aliphatic heterocycles. The summed E-state index contributed by atoms with van der Waals surface area (Å²) in [6.07, 6.45) is 12.0. The van der Waals surface area contributed by atoms with Crippen LogP contribution in [0, 0.1) is 0 Å². The Balaban J connectivity index is 2.78. The number of hydrogen-bond donors (Lipinski definition) is 0. The van der Waals surface area contributed by atoms with E-state index in [2.05, 4.69) is 21.5 Å². The molecule has 0 N–H and O–H groups in total. The second kappa shape index (κ2) is 10.7. The molecular formula is C18H21N3O2. The van der Waals surface area contributed by atoms with Gasteiger partial charge < -0.3 is 9.47 Å². The van der Waals surface area contributed by atoms with E-state index in [-0.39, 0.29) is 0 Å². The molecular weight excluding hydrogens is 290 g/mol. The first-order valence-electron chi connectivity index (χ1n) is 7.16. The third kappa shape index (κ3) is 7.57. The van der Waals surface area contributed by atoms with E-state index >= 15 is 0 Å². The molecule has 0 radical (unpaired) electrons. The van der Waals surface area contributed by atoms with Gasteiger partial charge in [0.15, 0.2) is 5.90 Å². The van der Waals surface area contributed by atoms with E-state index < -0.39 is 0 Å². The molecule has 1 rings (SSSR count). The summed E-state index contributed by atoms with van der Waals surface area (Å²) >= 11 is 0. The van der Waals surface area contributed by atoms with Crippen molar-refractivity contribution in [3.63, 3.8) is 0 Å². The number of nitrogens with zero attached hydrogens (tertiary/aromatic N) is 3. The van der Waals surface area contributed by atoms with Crippen molar-refractivity contribution >= 4 is 12.1 Å². The second-order valence-electron chi connectivity index (χ2n) is 4.17. The highest BCUT2D eigenvalue weighted by atomic mass is 16.5. The molecule has 0 bridgehead atoms. The minimum Gasteiger partial charge on any atom is -0.425 e. The van der Waals surface area contributed by atoms with Crippen LogP contribution in [0.2, 0.25) is 0 Å². The van der Waals surface area contributed by atoms with Gasteiger partial charge >= 0.3 is 0 Å². The van der Waals surface area contributed by atoms with Crippen LogP contribution in [0.4, 0.5) is 0 Å². The van der Waals surface area contributed by atoms with Crippen molar-refractivity contribution in [2.45, 2.75) is 20.8 Å². The van der Waals surface area contributed by atoms with Crippen LogP contribution in [-0.2, 0) is 0 Å². The topological polar surface area (TPSA) is 56.1 Å². The Morgan fingerprint density at radius 3 is 2.57 bits per heavy atom. The predicted octanol–water partition coefficient (Wildman–Crippen LogP) is 4.47. The molecule has 0 amide bonds. The summed E-state index contributed by atoms with van der Waals surface area (Å²) in [6, 6.07) is 5.24. The quantitative estimate of drug-likeness (QED) is 0.323. The first-order valence-corrected chi connectivity index (χ1v) is 7.16. The number of ether oxygens (including phenoxy) is 2. The van der Waals surface area contributed by atoms with Crippen molar-refractivity contribution in [1.82, 2.24) is 4.98 Å². The van der Waals surface area contributed by atoms with Crippen LogP contribution >= 0.6 is 0 Å². The fourth-order valence-electron chi connectivity index (χ4n) is 1.37. The van der Waals surface area contributed by atoms with Crippen molar-refractivity contribution in [2.24, 2.45) is 9.98 Å². The van der Waals surface area contributed by atoms with Crippen molar-refractivity contribution < 1.29 is 9.47 Å². The SMILES string of the molecule is C=C/C=C\N=C(C)Oc1cccc(OC(=C/C)/N=C\C=C/C)n1. The minimum absolute atomic E-state index is 0.391. The van der Waals surface area contributed by atoms with Crippen LogP contribution in [0.1, 0.15) is 20.8 Å². The molecule has 0 aromatic carbocycles. The highest BCUT2D eigenvalue weighted by Crippen LogP contribution is 2.16. The van der Waals surface area contributed by atoms with Gasteiger partial charge in [0.2, 0.25) is 17.6 Å². The Labute approximate surface area is 137 Å². The average Bonchev–Trinajstić information content (AvgIpc) is 2.54. The highest BCUT2D eigenvalue weighted by Gasteiger charge is 2.03. The maximum atomic E-state index is 5.60. The summed E-state index contributed by atoms with van der Waals surface area (Å²) < 4.78 is 11.1. The number of pyridine rings is 1. The number of aliphatic imine (C=N–C) groups is 2. The molecule has 0 fully saturated rings. The molecule has 23 heavy (non-hydrogen) atoms. The lowest BCUT2D eigenvalue weighted by Crippen LogP contribution is -2.04. The first-order chi connectivity index (χ1) is 11.2. The largest absolute Gasteiger partial charge is 0.425 e. The lowest BCUT2D eigenvalue weighted by Gasteiger charge is -2.07. The van der Waals surface area contributed by atoms with E-state index in [0.717, 1.165) is 0 Å². The van der Waals surface area contributed by atoms with E-state index in [9.17, 15) is 0 Å². The Bertz CT molecular complexity index is 656. The maximum absolute atomic E-state index is 5.60. The summed E-state index contributed by atoms with van der Waals surface area (Å²) in [5.41, 5.74) is 0. The molecule has 0 saturated heterocycles. The Hall–Kier alpha value is -2.95. The van der Waals surface area contributed by atoms with E-state index in [0.29, 0.717) is 23.5 Å². The van der Waals surface area contributed by atoms with Crippen LogP contribution in [0.15, 0.2) is 77.2 Å². The van der Waals surface area contributed by atoms with Crippen LogP contribution in [0.5, 0.6) is 11.8 Å². The zero-order valence-electron chi connectivity index (χ0n) is 13.6. The van der Waals surface area contributed by atoms with E-state index in [1.165, 1.54) is 0 Å². The number of hydrogen-bond acceptors (Lipinski definition) is 5. The zero-order valence-corrected chi connectivity index (χ0v) is 13.6. The summed E-state index contributed by atoms with van der Waals surface area (Å²) in [6.45, 7) is 9.06. The van der Waals surface area contributed by atoms with Crippen molar-refractivity contribution in [1.29, 1.82) is 0 Å². The fraction of sp³-hybridized carbons (Fsp3) is 0.167. The number of rotatable bonds is 7. The molecule has 1 heterocycles. The van der Waals surface area contributed by atoms with Crippen molar-refractivity contribution in [3.8, 4) is 11.8 Å². The maximum Gasteiger partial charge on any atom is 0.224 e. The first kappa shape index (κ1) is 18.1. The molecule has 0 unspecified atom stereocenters. The normalized spacial score (nSPS) is 13.2. The molecule has 0 spiro atoms. The standard InChI is InChI=1S/C18H21N3O2/c1-5-8-13-19-15(4)22-17-11-10-12-18(21-17)23-16(7-3)20-14-9-6-2/h5-14H,1H2,2-4H3/b9-6-,13-8-,16-7+,19-15?,20-14-. The Kier molecular flexibility index (Phi) is 8.44. The van der Waals surface area contributed by atoms with Crippen molar-refractivity contribution in [3.05, 3.63) is 67.2 Å². The lowest BCUT2D eigenvalue weighted by molar-refractivity contribution is 0.395. The van der Waals surface area contributed by atoms with Gasteiger partial charge in [-0.05, 0) is 32.1 Å². The number of aromatic nitrogens is 1. The van der Waals surface area contributed by atoms with Gasteiger partial charge in [0.25, 0.3) is 0 Å². The third-order valence-corrected chi connectivity index (χ3v) is 2.37. The van der Waals surface area contributed by atoms with Gasteiger partial charge in [-0.2, -0.15) is 4.98 Å². The molecule has 5 heteroatoms. The minimum atomic E-state index is 0.391. The summed E-state index contributed by atoms with van der Waals surface area (Å²) in [4.78, 5) is 12.5. The van der Waals surface area contributed by atoms with E-state index in [1.54, 1.807) is 55.8 Å². The number of allylic oxidation sites excluding steroid dienone is 5. The van der Waals surface area contributed by atoms with Gasteiger partial charge in [0.1, 0.15) is 0 Å². The monoisotopic (exact) mass is 311 g/mol. The van der Waals surface area contributed by atoms with Crippen molar-refractivity contribution in [2.75, 3.05) is 0 Å². The van der Waals surface area contributed by atoms with Gasteiger partial charge in [-0.25, -0.2) is 9.98 Å². The van der Waals surface area contributed by atoms with E-state index in [1.807, 2.05) is 26.0 Å².